The zero-order valence-electron chi connectivity index (χ0n) is 14.8. The van der Waals surface area contributed by atoms with Crippen LogP contribution in [0.4, 0.5) is 0 Å². The highest BCUT2D eigenvalue weighted by molar-refractivity contribution is 6.32. The smallest absolute Gasteiger partial charge is 0.150 e. The third kappa shape index (κ3) is 12.1. The summed E-state index contributed by atoms with van der Waals surface area (Å²) in [7, 11) is 1.76. The first-order valence-electron chi connectivity index (χ1n) is 8.56. The highest BCUT2D eigenvalue weighted by atomic mass is 35.5. The Bertz CT molecular complexity index is 402. The second-order valence-electron chi connectivity index (χ2n) is 5.42. The van der Waals surface area contributed by atoms with Gasteiger partial charge in [-0.3, -0.25) is 4.79 Å². The van der Waals surface area contributed by atoms with Crippen molar-refractivity contribution in [3.63, 3.8) is 0 Å². The van der Waals surface area contributed by atoms with E-state index in [0.29, 0.717) is 22.9 Å². The van der Waals surface area contributed by atoms with Crippen LogP contribution >= 0.6 is 11.6 Å². The van der Waals surface area contributed by atoms with Crippen LogP contribution in [0.15, 0.2) is 18.2 Å². The molecule has 4 heteroatoms. The number of halogens is 1. The second-order valence-corrected chi connectivity index (χ2v) is 5.82. The monoisotopic (exact) mass is 342 g/mol. The lowest BCUT2D eigenvalue weighted by Crippen LogP contribution is -1.97. The Balaban J connectivity index is 0.000000468. The van der Waals surface area contributed by atoms with Gasteiger partial charge in [-0.1, -0.05) is 57.6 Å². The van der Waals surface area contributed by atoms with E-state index in [1.165, 1.54) is 32.1 Å². The van der Waals surface area contributed by atoms with Crippen molar-refractivity contribution in [2.75, 3.05) is 20.3 Å². The second kappa shape index (κ2) is 15.8. The first-order chi connectivity index (χ1) is 11.2. The van der Waals surface area contributed by atoms with E-state index in [-0.39, 0.29) is 0 Å². The molecule has 0 aliphatic carbocycles. The Morgan fingerprint density at radius 3 is 2.26 bits per heavy atom. The molecule has 0 fully saturated rings. The number of methoxy groups -OCH3 is 1. The molecule has 0 atom stereocenters. The van der Waals surface area contributed by atoms with E-state index in [9.17, 15) is 4.79 Å². The third-order valence-electron chi connectivity index (χ3n) is 3.30. The van der Waals surface area contributed by atoms with E-state index in [1.807, 2.05) is 0 Å². The molecule has 0 saturated carbocycles. The lowest BCUT2D eigenvalue weighted by atomic mass is 10.2. The van der Waals surface area contributed by atoms with Crippen LogP contribution in [0.1, 0.15) is 69.2 Å². The minimum atomic E-state index is 0.491. The topological polar surface area (TPSA) is 35.5 Å². The molecule has 0 unspecified atom stereocenters. The van der Waals surface area contributed by atoms with Crippen molar-refractivity contribution < 1.29 is 14.3 Å². The van der Waals surface area contributed by atoms with Crippen LogP contribution in [0, 0.1) is 0 Å². The van der Waals surface area contributed by atoms with Crippen LogP contribution in [0.3, 0.4) is 0 Å². The van der Waals surface area contributed by atoms with Gasteiger partial charge in [-0.25, -0.2) is 0 Å². The Labute approximate surface area is 146 Å². The van der Waals surface area contributed by atoms with Crippen LogP contribution in [0.2, 0.25) is 5.02 Å². The molecule has 0 radical (unpaired) electrons. The maximum absolute atomic E-state index is 10.4. The molecule has 1 rings (SSSR count). The van der Waals surface area contributed by atoms with Gasteiger partial charge in [0.25, 0.3) is 0 Å². The van der Waals surface area contributed by atoms with Gasteiger partial charge in [-0.2, -0.15) is 0 Å². The van der Waals surface area contributed by atoms with Gasteiger partial charge in [0.05, 0.1) is 11.6 Å². The maximum Gasteiger partial charge on any atom is 0.150 e. The summed E-state index contributed by atoms with van der Waals surface area (Å²) in [5, 5.41) is 0.491. The van der Waals surface area contributed by atoms with Crippen molar-refractivity contribution in [1.82, 2.24) is 0 Å². The number of hydrogen-bond acceptors (Lipinski definition) is 3. The van der Waals surface area contributed by atoms with E-state index in [0.717, 1.165) is 25.7 Å². The molecule has 0 saturated heterocycles. The molecule has 0 aromatic heterocycles. The first-order valence-corrected chi connectivity index (χ1v) is 8.93. The molecular formula is C19H31ClO3. The standard InChI is InChI=1S/C11H13ClO2.C8H18O/c1-2-3-6-14-11-5-4-9(8-13)7-10(11)12;1-3-4-5-6-7-8-9-2/h4-5,7-8H,2-3,6H2,1H3;3-8H2,1-2H3. The van der Waals surface area contributed by atoms with Gasteiger partial charge in [0, 0.05) is 19.3 Å². The number of unbranched alkanes of at least 4 members (excludes halogenated alkanes) is 5. The molecule has 1 aromatic rings. The largest absolute Gasteiger partial charge is 0.492 e. The quantitative estimate of drug-likeness (QED) is 0.369. The molecule has 0 N–H and O–H groups in total. The molecule has 0 amide bonds. The summed E-state index contributed by atoms with van der Waals surface area (Å²) in [5.41, 5.74) is 0.567. The Morgan fingerprint density at radius 1 is 1.00 bits per heavy atom. The Hall–Kier alpha value is -1.06. The van der Waals surface area contributed by atoms with Gasteiger partial charge >= 0.3 is 0 Å². The number of benzene rings is 1. The number of hydrogen-bond donors (Lipinski definition) is 0. The molecule has 0 heterocycles. The van der Waals surface area contributed by atoms with E-state index in [2.05, 4.69) is 13.8 Å². The SMILES string of the molecule is CCCCCCCOC.CCCCOc1ccc(C=O)cc1Cl. The minimum Gasteiger partial charge on any atom is -0.492 e. The summed E-state index contributed by atoms with van der Waals surface area (Å²) in [6.45, 7) is 5.93. The Kier molecular flexibility index (Phi) is 15.1. The summed E-state index contributed by atoms with van der Waals surface area (Å²) >= 11 is 5.90. The molecule has 0 spiro atoms. The fraction of sp³-hybridized carbons (Fsp3) is 0.632. The predicted molar refractivity (Wildman–Crippen MR) is 97.9 cm³/mol. The van der Waals surface area contributed by atoms with Crippen LogP contribution in [0.25, 0.3) is 0 Å². The molecule has 1 aromatic carbocycles. The fourth-order valence-electron chi connectivity index (χ4n) is 1.88. The molecule has 23 heavy (non-hydrogen) atoms. The molecule has 0 bridgehead atoms. The highest BCUT2D eigenvalue weighted by Crippen LogP contribution is 2.24. The maximum atomic E-state index is 10.4. The summed E-state index contributed by atoms with van der Waals surface area (Å²) in [4.78, 5) is 10.4. The van der Waals surface area contributed by atoms with E-state index in [1.54, 1.807) is 25.3 Å². The molecule has 0 aliphatic rings. The zero-order valence-corrected chi connectivity index (χ0v) is 15.5. The highest BCUT2D eigenvalue weighted by Gasteiger charge is 2.01. The van der Waals surface area contributed by atoms with Crippen LogP contribution in [-0.2, 0) is 4.74 Å². The number of rotatable bonds is 11. The van der Waals surface area contributed by atoms with Gasteiger partial charge in [0.15, 0.2) is 0 Å². The van der Waals surface area contributed by atoms with Crippen molar-refractivity contribution >= 4 is 17.9 Å². The number of aldehydes is 1. The summed E-state index contributed by atoms with van der Waals surface area (Å²) in [5.74, 6) is 0.644. The fourth-order valence-corrected chi connectivity index (χ4v) is 2.13. The molecule has 132 valence electrons. The lowest BCUT2D eigenvalue weighted by Gasteiger charge is -2.07. The zero-order chi connectivity index (χ0) is 17.3. The van der Waals surface area contributed by atoms with Crippen molar-refractivity contribution in [2.45, 2.75) is 58.8 Å². The first kappa shape index (κ1) is 21.9. The molecule has 0 aliphatic heterocycles. The van der Waals surface area contributed by atoms with Crippen molar-refractivity contribution in [2.24, 2.45) is 0 Å². The molecular weight excluding hydrogens is 312 g/mol. The predicted octanol–water partition coefficient (Wildman–Crippen LogP) is 5.93. The summed E-state index contributed by atoms with van der Waals surface area (Å²) in [6.07, 6.45) is 9.51. The third-order valence-corrected chi connectivity index (χ3v) is 3.59. The number of carbonyl (C=O) groups excluding carboxylic acids is 1. The van der Waals surface area contributed by atoms with Gasteiger partial charge in [0.2, 0.25) is 0 Å². The number of carbonyl (C=O) groups is 1. The van der Waals surface area contributed by atoms with E-state index in [4.69, 9.17) is 21.1 Å². The summed E-state index contributed by atoms with van der Waals surface area (Å²) < 4.78 is 10.4. The van der Waals surface area contributed by atoms with Gasteiger partial charge in [0.1, 0.15) is 12.0 Å². The van der Waals surface area contributed by atoms with Crippen LogP contribution in [0.5, 0.6) is 5.75 Å². The minimum absolute atomic E-state index is 0.491. The van der Waals surface area contributed by atoms with Crippen molar-refractivity contribution in [3.8, 4) is 5.75 Å². The van der Waals surface area contributed by atoms with Crippen LogP contribution < -0.4 is 4.74 Å². The normalized spacial score (nSPS) is 9.91. The van der Waals surface area contributed by atoms with E-state index >= 15 is 0 Å². The summed E-state index contributed by atoms with van der Waals surface area (Å²) in [6, 6.07) is 5.03. The van der Waals surface area contributed by atoms with Gasteiger partial charge in [-0.05, 0) is 31.0 Å². The average Bonchev–Trinajstić information content (AvgIpc) is 2.57. The number of ether oxygens (including phenoxy) is 2. The molecule has 3 nitrogen and oxygen atoms in total. The average molecular weight is 343 g/mol. The van der Waals surface area contributed by atoms with Crippen molar-refractivity contribution in [1.29, 1.82) is 0 Å². The Morgan fingerprint density at radius 2 is 1.70 bits per heavy atom. The van der Waals surface area contributed by atoms with Gasteiger partial charge in [-0.15, -0.1) is 0 Å². The van der Waals surface area contributed by atoms with Crippen molar-refractivity contribution in [3.05, 3.63) is 28.8 Å². The van der Waals surface area contributed by atoms with E-state index < -0.39 is 0 Å². The van der Waals surface area contributed by atoms with Gasteiger partial charge < -0.3 is 9.47 Å². The van der Waals surface area contributed by atoms with Crippen LogP contribution in [-0.4, -0.2) is 26.6 Å². The lowest BCUT2D eigenvalue weighted by molar-refractivity contribution is 0.112.